The van der Waals surface area contributed by atoms with Crippen LogP contribution in [0.1, 0.15) is 50.6 Å². The van der Waals surface area contributed by atoms with E-state index in [0.717, 1.165) is 40.7 Å². The Morgan fingerprint density at radius 2 is 1.81 bits per heavy atom. The number of thioether (sulfide) groups is 1. The van der Waals surface area contributed by atoms with Crippen molar-refractivity contribution in [3.8, 4) is 17.1 Å². The Balaban J connectivity index is 1.53. The quantitative estimate of drug-likeness (QED) is 0.474. The van der Waals surface area contributed by atoms with Gasteiger partial charge in [-0.05, 0) is 49.6 Å². The predicted molar refractivity (Wildman–Crippen MR) is 128 cm³/mol. The third kappa shape index (κ3) is 5.33. The summed E-state index contributed by atoms with van der Waals surface area (Å²) in [7, 11) is 1.67. The summed E-state index contributed by atoms with van der Waals surface area (Å²) in [6.45, 7) is 2.45. The number of rotatable bonds is 8. The van der Waals surface area contributed by atoms with Crippen LogP contribution in [-0.4, -0.2) is 33.0 Å². The molecule has 2 aromatic carbocycles. The molecule has 1 fully saturated rings. The normalized spacial score (nSPS) is 15.3. The molecule has 1 aliphatic carbocycles. The number of carbonyl (C=O) groups is 1. The largest absolute Gasteiger partial charge is 0.497 e. The van der Waals surface area contributed by atoms with Gasteiger partial charge in [-0.15, -0.1) is 10.2 Å². The van der Waals surface area contributed by atoms with Crippen molar-refractivity contribution in [1.82, 2.24) is 20.1 Å². The summed E-state index contributed by atoms with van der Waals surface area (Å²) in [6, 6.07) is 18.3. The van der Waals surface area contributed by atoms with Gasteiger partial charge in [0.25, 0.3) is 0 Å². The zero-order valence-corrected chi connectivity index (χ0v) is 19.5. The Hall–Kier alpha value is -2.80. The van der Waals surface area contributed by atoms with Crippen molar-refractivity contribution in [2.75, 3.05) is 7.11 Å². The first-order valence-electron chi connectivity index (χ1n) is 11.2. The fourth-order valence-corrected chi connectivity index (χ4v) is 5.05. The Bertz CT molecular complexity index is 1010. The van der Waals surface area contributed by atoms with E-state index >= 15 is 0 Å². The number of hydrogen-bond acceptors (Lipinski definition) is 5. The van der Waals surface area contributed by atoms with E-state index in [1.165, 1.54) is 31.0 Å². The maximum atomic E-state index is 12.8. The summed E-state index contributed by atoms with van der Waals surface area (Å²) in [4.78, 5) is 12.8. The van der Waals surface area contributed by atoms with Crippen molar-refractivity contribution in [1.29, 1.82) is 0 Å². The van der Waals surface area contributed by atoms with E-state index in [1.54, 1.807) is 7.11 Å². The summed E-state index contributed by atoms with van der Waals surface area (Å²) < 4.78 is 7.56. The molecule has 1 N–H and O–H groups in total. The van der Waals surface area contributed by atoms with E-state index < -0.39 is 0 Å². The highest BCUT2D eigenvalue weighted by molar-refractivity contribution is 8.00. The minimum absolute atomic E-state index is 0.00282. The van der Waals surface area contributed by atoms with Crippen LogP contribution in [-0.2, 0) is 11.3 Å². The second-order valence-corrected chi connectivity index (χ2v) is 9.47. The lowest BCUT2D eigenvalue weighted by atomic mass is 9.95. The minimum Gasteiger partial charge on any atom is -0.497 e. The van der Waals surface area contributed by atoms with Gasteiger partial charge < -0.3 is 10.1 Å². The maximum Gasteiger partial charge on any atom is 0.233 e. The van der Waals surface area contributed by atoms with Crippen molar-refractivity contribution in [2.45, 2.75) is 62.0 Å². The standard InChI is InChI=1S/C25H30N4O2S/c1-18(24(30)26-17-19-9-5-3-6-10-19)32-25-28-27-23(20-13-15-22(31-2)16-14-20)29(25)21-11-7-4-8-12-21/h3,5-6,9-10,13-16,18,21H,4,7-8,11-12,17H2,1-2H3,(H,26,30). The zero-order chi connectivity index (χ0) is 22.3. The van der Waals surface area contributed by atoms with E-state index in [4.69, 9.17) is 4.74 Å². The average molecular weight is 451 g/mol. The summed E-state index contributed by atoms with van der Waals surface area (Å²) in [5.74, 6) is 1.68. The number of nitrogens with one attached hydrogen (secondary N) is 1. The van der Waals surface area contributed by atoms with Gasteiger partial charge in [0, 0.05) is 18.2 Å². The number of methoxy groups -OCH3 is 1. The van der Waals surface area contributed by atoms with Crippen LogP contribution in [0.3, 0.4) is 0 Å². The lowest BCUT2D eigenvalue weighted by molar-refractivity contribution is -0.120. The minimum atomic E-state index is -0.269. The molecular weight excluding hydrogens is 420 g/mol. The first kappa shape index (κ1) is 22.4. The van der Waals surface area contributed by atoms with Gasteiger partial charge in [-0.3, -0.25) is 9.36 Å². The van der Waals surface area contributed by atoms with Crippen LogP contribution in [0, 0.1) is 0 Å². The molecule has 1 aromatic heterocycles. The van der Waals surface area contributed by atoms with Crippen molar-refractivity contribution < 1.29 is 9.53 Å². The summed E-state index contributed by atoms with van der Waals surface area (Å²) in [6.07, 6.45) is 5.92. The highest BCUT2D eigenvalue weighted by Gasteiger charge is 2.26. The molecular formula is C25H30N4O2S. The number of aromatic nitrogens is 3. The van der Waals surface area contributed by atoms with Gasteiger partial charge in [0.15, 0.2) is 11.0 Å². The molecule has 7 heteroatoms. The monoisotopic (exact) mass is 450 g/mol. The molecule has 0 bridgehead atoms. The molecule has 1 unspecified atom stereocenters. The first-order chi connectivity index (χ1) is 15.7. The van der Waals surface area contributed by atoms with Crippen LogP contribution in [0.2, 0.25) is 0 Å². The van der Waals surface area contributed by atoms with Crippen LogP contribution in [0.4, 0.5) is 0 Å². The Morgan fingerprint density at radius 3 is 2.50 bits per heavy atom. The highest BCUT2D eigenvalue weighted by Crippen LogP contribution is 2.36. The molecule has 1 saturated carbocycles. The van der Waals surface area contributed by atoms with E-state index in [0.29, 0.717) is 12.6 Å². The molecule has 3 aromatic rings. The van der Waals surface area contributed by atoms with Gasteiger partial charge in [-0.2, -0.15) is 0 Å². The Kier molecular flexibility index (Phi) is 7.47. The number of ether oxygens (including phenoxy) is 1. The number of carbonyl (C=O) groups excluding carboxylic acids is 1. The molecule has 6 nitrogen and oxygen atoms in total. The maximum absolute atomic E-state index is 12.8. The van der Waals surface area contributed by atoms with E-state index in [-0.39, 0.29) is 11.2 Å². The third-order valence-electron chi connectivity index (χ3n) is 5.91. The number of amides is 1. The van der Waals surface area contributed by atoms with Crippen molar-refractivity contribution in [3.63, 3.8) is 0 Å². The molecule has 168 valence electrons. The number of benzene rings is 2. The molecule has 32 heavy (non-hydrogen) atoms. The van der Waals surface area contributed by atoms with Crippen LogP contribution in [0.15, 0.2) is 59.8 Å². The fourth-order valence-electron chi connectivity index (χ4n) is 4.10. The van der Waals surface area contributed by atoms with Gasteiger partial charge in [-0.25, -0.2) is 0 Å². The molecule has 0 radical (unpaired) electrons. The lowest BCUT2D eigenvalue weighted by Crippen LogP contribution is -2.30. The highest BCUT2D eigenvalue weighted by atomic mass is 32.2. The van der Waals surface area contributed by atoms with Gasteiger partial charge in [-0.1, -0.05) is 61.4 Å². The fraction of sp³-hybridized carbons (Fsp3) is 0.400. The topological polar surface area (TPSA) is 69.0 Å². The van der Waals surface area contributed by atoms with Crippen molar-refractivity contribution in [3.05, 3.63) is 60.2 Å². The number of hydrogen-bond donors (Lipinski definition) is 1. The molecule has 1 amide bonds. The summed E-state index contributed by atoms with van der Waals surface area (Å²) >= 11 is 1.48. The van der Waals surface area contributed by atoms with Gasteiger partial charge in [0.1, 0.15) is 5.75 Å². The molecule has 0 saturated heterocycles. The van der Waals surface area contributed by atoms with Crippen LogP contribution in [0.25, 0.3) is 11.4 Å². The predicted octanol–water partition coefficient (Wildman–Crippen LogP) is 5.26. The Morgan fingerprint density at radius 1 is 1.09 bits per heavy atom. The number of nitrogens with zero attached hydrogens (tertiary/aromatic N) is 3. The molecule has 0 aliphatic heterocycles. The van der Waals surface area contributed by atoms with Gasteiger partial charge in [0.2, 0.25) is 5.91 Å². The average Bonchev–Trinajstić information content (AvgIpc) is 3.27. The van der Waals surface area contributed by atoms with Gasteiger partial charge >= 0.3 is 0 Å². The zero-order valence-electron chi connectivity index (χ0n) is 18.7. The Labute approximate surface area is 193 Å². The molecule has 1 heterocycles. The molecule has 1 atom stereocenters. The second-order valence-electron chi connectivity index (χ2n) is 8.16. The van der Waals surface area contributed by atoms with Crippen LogP contribution in [0.5, 0.6) is 5.75 Å². The smallest absolute Gasteiger partial charge is 0.233 e. The van der Waals surface area contributed by atoms with Crippen LogP contribution < -0.4 is 10.1 Å². The van der Waals surface area contributed by atoms with Crippen LogP contribution >= 0.6 is 11.8 Å². The SMILES string of the molecule is COc1ccc(-c2nnc(SC(C)C(=O)NCc3ccccc3)n2C2CCCCC2)cc1. The van der Waals surface area contributed by atoms with E-state index in [9.17, 15) is 4.79 Å². The first-order valence-corrected chi connectivity index (χ1v) is 12.1. The molecule has 1 aliphatic rings. The van der Waals surface area contributed by atoms with E-state index in [1.807, 2.05) is 61.5 Å². The van der Waals surface area contributed by atoms with Crippen molar-refractivity contribution in [2.24, 2.45) is 0 Å². The molecule has 4 rings (SSSR count). The van der Waals surface area contributed by atoms with Crippen molar-refractivity contribution >= 4 is 17.7 Å². The third-order valence-corrected chi connectivity index (χ3v) is 6.97. The van der Waals surface area contributed by atoms with Gasteiger partial charge in [0.05, 0.1) is 12.4 Å². The summed E-state index contributed by atoms with van der Waals surface area (Å²) in [5, 5.41) is 12.6. The molecule has 0 spiro atoms. The van der Waals surface area contributed by atoms with E-state index in [2.05, 4.69) is 20.1 Å². The lowest BCUT2D eigenvalue weighted by Gasteiger charge is -2.26. The summed E-state index contributed by atoms with van der Waals surface area (Å²) in [5.41, 5.74) is 2.10. The second kappa shape index (κ2) is 10.7.